The van der Waals surface area contributed by atoms with E-state index >= 15 is 0 Å². The summed E-state index contributed by atoms with van der Waals surface area (Å²) in [5.41, 5.74) is 6.31. The van der Waals surface area contributed by atoms with E-state index < -0.39 is 12.1 Å². The number of hydrogen-bond acceptors (Lipinski definition) is 7. The van der Waals surface area contributed by atoms with Gasteiger partial charge in [0.15, 0.2) is 0 Å². The van der Waals surface area contributed by atoms with Crippen LogP contribution in [0.15, 0.2) is 96.6 Å². The van der Waals surface area contributed by atoms with Gasteiger partial charge in [-0.25, -0.2) is 14.5 Å². The molecule has 0 saturated carbocycles. The fourth-order valence-electron chi connectivity index (χ4n) is 5.65. The summed E-state index contributed by atoms with van der Waals surface area (Å²) in [7, 11) is 0. The van der Waals surface area contributed by atoms with Crippen molar-refractivity contribution in [3.05, 3.63) is 113 Å². The lowest BCUT2D eigenvalue weighted by atomic mass is 9.99. The van der Waals surface area contributed by atoms with Crippen LogP contribution in [0.2, 0.25) is 0 Å². The number of carbonyl (C=O) groups is 2. The maximum absolute atomic E-state index is 13.1. The average Bonchev–Trinajstić information content (AvgIpc) is 3.72. The molecule has 5 heterocycles. The minimum atomic E-state index is -4.92. The van der Waals surface area contributed by atoms with E-state index in [0.29, 0.717) is 34.7 Å². The molecule has 7 rings (SSSR count). The molecule has 0 fully saturated rings. The monoisotopic (exact) mass is 653 g/mol. The van der Waals surface area contributed by atoms with Gasteiger partial charge in [-0.3, -0.25) is 9.59 Å². The number of pyridine rings is 1. The Kier molecular flexibility index (Phi) is 7.90. The smallest absolute Gasteiger partial charge is 0.330 e. The number of rotatable bonds is 7. The van der Waals surface area contributed by atoms with Crippen molar-refractivity contribution >= 4 is 46.0 Å². The molecule has 9 nitrogen and oxygen atoms in total. The van der Waals surface area contributed by atoms with Crippen LogP contribution in [0.3, 0.4) is 0 Å². The molecule has 1 aliphatic heterocycles. The second-order valence-corrected chi connectivity index (χ2v) is 12.0. The molecule has 1 aliphatic rings. The van der Waals surface area contributed by atoms with Crippen LogP contribution in [0.25, 0.3) is 28.0 Å². The van der Waals surface area contributed by atoms with Crippen LogP contribution < -0.4 is 10.6 Å². The molecule has 0 radical (unpaired) electrons. The van der Waals surface area contributed by atoms with Crippen LogP contribution >= 0.6 is 11.3 Å². The molecule has 2 aromatic carbocycles. The number of hydrogen-bond donors (Lipinski definition) is 2. The highest BCUT2D eigenvalue weighted by Crippen LogP contribution is 2.36. The normalized spacial score (nSPS) is 13.0. The number of nitrogens with zero attached hydrogens (tertiary/aromatic N) is 5. The minimum Gasteiger partial charge on any atom is -0.330 e. The van der Waals surface area contributed by atoms with Crippen LogP contribution in [0, 0.1) is 0 Å². The second-order valence-electron chi connectivity index (χ2n) is 11.0. The lowest BCUT2D eigenvalue weighted by Crippen LogP contribution is -2.43. The number of benzene rings is 2. The number of aromatic nitrogens is 4. The van der Waals surface area contributed by atoms with Crippen molar-refractivity contribution in [2.45, 2.75) is 25.6 Å². The van der Waals surface area contributed by atoms with Gasteiger partial charge in [-0.05, 0) is 71.5 Å². The zero-order valence-corrected chi connectivity index (χ0v) is 25.5. The third-order valence-electron chi connectivity index (χ3n) is 7.79. The van der Waals surface area contributed by atoms with E-state index in [9.17, 15) is 22.8 Å². The predicted molar refractivity (Wildman–Crippen MR) is 173 cm³/mol. The molecule has 2 N–H and O–H groups in total. The first-order valence-electron chi connectivity index (χ1n) is 14.7. The summed E-state index contributed by atoms with van der Waals surface area (Å²) in [6, 6.07) is 24.2. The van der Waals surface area contributed by atoms with Crippen LogP contribution in [0.4, 0.5) is 30.5 Å². The summed E-state index contributed by atoms with van der Waals surface area (Å²) >= 11 is 1.53. The van der Waals surface area contributed by atoms with Gasteiger partial charge in [0.2, 0.25) is 11.9 Å². The van der Waals surface area contributed by atoms with Crippen molar-refractivity contribution < 1.29 is 22.8 Å². The Hall–Kier alpha value is -5.56. The molecule has 0 aliphatic carbocycles. The maximum Gasteiger partial charge on any atom is 0.471 e. The van der Waals surface area contributed by atoms with Crippen LogP contribution in [-0.4, -0.2) is 49.0 Å². The third-order valence-corrected chi connectivity index (χ3v) is 8.67. The summed E-state index contributed by atoms with van der Waals surface area (Å²) in [4.78, 5) is 35.5. The lowest BCUT2D eigenvalue weighted by molar-refractivity contribution is -0.186. The van der Waals surface area contributed by atoms with Gasteiger partial charge in [-0.2, -0.15) is 18.3 Å². The molecule has 236 valence electrons. The molecule has 2 amide bonds. The molecule has 0 atom stereocenters. The van der Waals surface area contributed by atoms with Gasteiger partial charge < -0.3 is 15.5 Å². The summed E-state index contributed by atoms with van der Waals surface area (Å²) < 4.78 is 40.9. The van der Waals surface area contributed by atoms with Crippen LogP contribution in [0.5, 0.6) is 0 Å². The van der Waals surface area contributed by atoms with Gasteiger partial charge in [-0.1, -0.05) is 30.3 Å². The van der Waals surface area contributed by atoms with Gasteiger partial charge in [0.1, 0.15) is 5.69 Å². The van der Waals surface area contributed by atoms with Gasteiger partial charge in [0.25, 0.3) is 0 Å². The number of alkyl halides is 3. The first-order valence-corrected chi connectivity index (χ1v) is 15.6. The van der Waals surface area contributed by atoms with Crippen LogP contribution in [-0.2, 0) is 29.0 Å². The summed E-state index contributed by atoms with van der Waals surface area (Å²) in [5.74, 6) is -1.68. The van der Waals surface area contributed by atoms with Crippen LogP contribution in [0.1, 0.15) is 16.0 Å². The Labute approximate surface area is 270 Å². The number of thiophene rings is 1. The molecule has 13 heteroatoms. The van der Waals surface area contributed by atoms with Crippen molar-refractivity contribution in [3.63, 3.8) is 0 Å². The van der Waals surface area contributed by atoms with Crippen molar-refractivity contribution in [1.29, 1.82) is 0 Å². The average molecular weight is 654 g/mol. The summed E-state index contributed by atoms with van der Waals surface area (Å²) in [6.07, 6.45) is -0.843. The first-order chi connectivity index (χ1) is 22.7. The molecule has 47 heavy (non-hydrogen) atoms. The maximum atomic E-state index is 13.1. The van der Waals surface area contributed by atoms with Crippen molar-refractivity contribution in [3.8, 4) is 22.5 Å². The van der Waals surface area contributed by atoms with Crippen molar-refractivity contribution in [2.75, 3.05) is 17.2 Å². The fraction of sp³-hybridized carbons (Fsp3) is 0.147. The van der Waals surface area contributed by atoms with E-state index in [2.05, 4.69) is 15.6 Å². The standard InChI is InChI=1S/C34H26F3N7O2S/c35-34(36,37)32(46)43-15-12-21-9-10-25(18-23(21)20-43)40-33-38-13-11-27(41-33)30-28-8-1-2-14-44(28)42-31(30)22-5-3-6-24(17-22)39-29(45)19-26-7-4-16-47-26/h1-11,13-14,16-18H,12,15,19-20H2,(H,39,45)(H,38,40,41). The molecular formula is C34H26F3N7O2S. The lowest BCUT2D eigenvalue weighted by Gasteiger charge is -2.29. The zero-order valence-electron chi connectivity index (χ0n) is 24.7. The zero-order chi connectivity index (χ0) is 32.5. The highest BCUT2D eigenvalue weighted by Gasteiger charge is 2.43. The Morgan fingerprint density at radius 3 is 2.66 bits per heavy atom. The van der Waals surface area contributed by atoms with E-state index in [1.807, 2.05) is 78.3 Å². The number of halogens is 3. The van der Waals surface area contributed by atoms with Crippen molar-refractivity contribution in [2.24, 2.45) is 0 Å². The summed E-state index contributed by atoms with van der Waals surface area (Å²) in [5, 5.41) is 12.9. The predicted octanol–water partition coefficient (Wildman–Crippen LogP) is 6.89. The van der Waals surface area contributed by atoms with Gasteiger partial charge in [-0.15, -0.1) is 11.3 Å². The van der Waals surface area contributed by atoms with E-state index in [1.165, 1.54) is 11.3 Å². The number of fused-ring (bicyclic) bond motifs is 2. The molecule has 4 aromatic heterocycles. The highest BCUT2D eigenvalue weighted by molar-refractivity contribution is 7.10. The number of anilines is 3. The second kappa shape index (κ2) is 12.3. The molecule has 0 saturated heterocycles. The Balaban J connectivity index is 1.17. The molecular weight excluding hydrogens is 627 g/mol. The fourth-order valence-corrected chi connectivity index (χ4v) is 6.35. The Bertz CT molecular complexity index is 2110. The molecule has 0 bridgehead atoms. The SMILES string of the molecule is O=C(Cc1cccs1)Nc1cccc(-c2nn3ccccc3c2-c2ccnc(Nc3ccc4c(c3)CN(C(=O)C(F)(F)F)CC4)n2)c1. The molecule has 0 spiro atoms. The quantitative estimate of drug-likeness (QED) is 0.195. The Morgan fingerprint density at radius 2 is 1.83 bits per heavy atom. The minimum absolute atomic E-state index is 0.00961. The molecule has 0 unspecified atom stereocenters. The topological polar surface area (TPSA) is 105 Å². The van der Waals surface area contributed by atoms with Gasteiger partial charge in [0.05, 0.1) is 23.2 Å². The van der Waals surface area contributed by atoms with E-state index in [1.54, 1.807) is 22.8 Å². The van der Waals surface area contributed by atoms with Crippen molar-refractivity contribution in [1.82, 2.24) is 24.5 Å². The number of amides is 2. The van der Waals surface area contributed by atoms with Gasteiger partial charge in [0, 0.05) is 47.3 Å². The highest BCUT2D eigenvalue weighted by atomic mass is 32.1. The number of nitrogens with one attached hydrogen (secondary N) is 2. The van der Waals surface area contributed by atoms with E-state index in [4.69, 9.17) is 10.1 Å². The summed E-state index contributed by atoms with van der Waals surface area (Å²) in [6.45, 7) is -0.126. The third kappa shape index (κ3) is 6.42. The molecule has 6 aromatic rings. The van der Waals surface area contributed by atoms with E-state index in [-0.39, 0.29) is 31.4 Å². The van der Waals surface area contributed by atoms with E-state index in [0.717, 1.165) is 32.0 Å². The Morgan fingerprint density at radius 1 is 0.936 bits per heavy atom. The van der Waals surface area contributed by atoms with Gasteiger partial charge >= 0.3 is 12.1 Å². The number of carbonyl (C=O) groups excluding carboxylic acids is 2. The largest absolute Gasteiger partial charge is 0.471 e. The first kappa shape index (κ1) is 30.1.